The molecule has 1 aliphatic rings. The zero-order valence-corrected chi connectivity index (χ0v) is 7.40. The van der Waals surface area contributed by atoms with E-state index in [4.69, 9.17) is 5.11 Å². The number of aliphatic hydroxyl groups excluding tert-OH is 1. The minimum Gasteiger partial charge on any atom is -0.396 e. The molecule has 0 spiro atoms. The molecule has 1 rings (SSSR count). The van der Waals surface area contributed by atoms with E-state index in [0.717, 1.165) is 19.5 Å². The first kappa shape index (κ1) is 9.01. The Labute approximate surface area is 69.0 Å². The topological polar surface area (TPSA) is 32.3 Å². The van der Waals surface area contributed by atoms with Crippen molar-refractivity contribution in [2.75, 3.05) is 19.7 Å². The zero-order chi connectivity index (χ0) is 8.16. The van der Waals surface area contributed by atoms with Crippen molar-refractivity contribution in [2.24, 2.45) is 5.41 Å². The average molecular weight is 157 g/mol. The molecule has 1 saturated carbocycles. The van der Waals surface area contributed by atoms with Crippen molar-refractivity contribution in [1.82, 2.24) is 5.32 Å². The Balaban J connectivity index is 1.94. The molecule has 0 aliphatic heterocycles. The molecule has 0 aromatic heterocycles. The predicted molar refractivity (Wildman–Crippen MR) is 46.5 cm³/mol. The summed E-state index contributed by atoms with van der Waals surface area (Å²) in [6.07, 6.45) is 5.03. The SMILES string of the molecule is CC1(CNCCCO)CCC1. The number of nitrogens with one attached hydrogen (secondary N) is 1. The van der Waals surface area contributed by atoms with Gasteiger partial charge in [0.15, 0.2) is 0 Å². The molecule has 11 heavy (non-hydrogen) atoms. The first-order valence-electron chi connectivity index (χ1n) is 4.58. The lowest BCUT2D eigenvalue weighted by Crippen LogP contribution is -2.37. The third-order valence-corrected chi connectivity index (χ3v) is 2.62. The van der Waals surface area contributed by atoms with Gasteiger partial charge in [0, 0.05) is 13.2 Å². The van der Waals surface area contributed by atoms with E-state index in [2.05, 4.69) is 12.2 Å². The first-order chi connectivity index (χ1) is 5.27. The lowest BCUT2D eigenvalue weighted by atomic mass is 9.70. The first-order valence-corrected chi connectivity index (χ1v) is 4.58. The Bertz CT molecular complexity index is 110. The second kappa shape index (κ2) is 4.07. The van der Waals surface area contributed by atoms with Gasteiger partial charge in [0.25, 0.3) is 0 Å². The summed E-state index contributed by atoms with van der Waals surface area (Å²) >= 11 is 0. The van der Waals surface area contributed by atoms with E-state index in [1.54, 1.807) is 0 Å². The van der Waals surface area contributed by atoms with Crippen molar-refractivity contribution in [1.29, 1.82) is 0 Å². The molecule has 2 heteroatoms. The van der Waals surface area contributed by atoms with E-state index in [1.165, 1.54) is 19.3 Å². The summed E-state index contributed by atoms with van der Waals surface area (Å²) in [5.74, 6) is 0. The van der Waals surface area contributed by atoms with Crippen LogP contribution in [0.2, 0.25) is 0 Å². The highest BCUT2D eigenvalue weighted by Crippen LogP contribution is 2.39. The van der Waals surface area contributed by atoms with Crippen molar-refractivity contribution in [2.45, 2.75) is 32.6 Å². The number of hydrogen-bond acceptors (Lipinski definition) is 2. The molecule has 0 aromatic carbocycles. The molecule has 1 aliphatic carbocycles. The van der Waals surface area contributed by atoms with Crippen LogP contribution in [0.15, 0.2) is 0 Å². The maximum Gasteiger partial charge on any atom is 0.0443 e. The van der Waals surface area contributed by atoms with Gasteiger partial charge in [-0.05, 0) is 31.2 Å². The van der Waals surface area contributed by atoms with Gasteiger partial charge in [-0.2, -0.15) is 0 Å². The van der Waals surface area contributed by atoms with E-state index in [-0.39, 0.29) is 0 Å². The summed E-state index contributed by atoms with van der Waals surface area (Å²) in [5.41, 5.74) is 0.579. The van der Waals surface area contributed by atoms with Gasteiger partial charge in [0.05, 0.1) is 0 Å². The Morgan fingerprint density at radius 1 is 1.45 bits per heavy atom. The monoisotopic (exact) mass is 157 g/mol. The van der Waals surface area contributed by atoms with Crippen LogP contribution in [-0.2, 0) is 0 Å². The fraction of sp³-hybridized carbons (Fsp3) is 1.00. The van der Waals surface area contributed by atoms with Crippen molar-refractivity contribution in [3.63, 3.8) is 0 Å². The molecule has 0 heterocycles. The van der Waals surface area contributed by atoms with Crippen molar-refractivity contribution < 1.29 is 5.11 Å². The van der Waals surface area contributed by atoms with Crippen molar-refractivity contribution in [3.05, 3.63) is 0 Å². The number of rotatable bonds is 5. The molecule has 1 fully saturated rings. The van der Waals surface area contributed by atoms with Crippen LogP contribution in [0.25, 0.3) is 0 Å². The summed E-state index contributed by atoms with van der Waals surface area (Å²) in [5, 5.41) is 11.9. The zero-order valence-electron chi connectivity index (χ0n) is 7.40. The Kier molecular flexibility index (Phi) is 3.34. The Morgan fingerprint density at radius 2 is 2.18 bits per heavy atom. The van der Waals surface area contributed by atoms with Gasteiger partial charge in [-0.15, -0.1) is 0 Å². The standard InChI is InChI=1S/C9H19NO/c1-9(4-2-5-9)8-10-6-3-7-11/h10-11H,2-8H2,1H3. The molecule has 2 nitrogen and oxygen atoms in total. The van der Waals surface area contributed by atoms with Gasteiger partial charge in [-0.1, -0.05) is 13.3 Å². The highest BCUT2D eigenvalue weighted by atomic mass is 16.3. The second-order valence-electron chi connectivity index (χ2n) is 3.92. The van der Waals surface area contributed by atoms with Gasteiger partial charge in [0.2, 0.25) is 0 Å². The molecule has 0 radical (unpaired) electrons. The van der Waals surface area contributed by atoms with Gasteiger partial charge in [-0.3, -0.25) is 0 Å². The van der Waals surface area contributed by atoms with Gasteiger partial charge >= 0.3 is 0 Å². The lowest BCUT2D eigenvalue weighted by Gasteiger charge is -2.38. The van der Waals surface area contributed by atoms with Crippen LogP contribution in [-0.4, -0.2) is 24.8 Å². The molecule has 2 N–H and O–H groups in total. The van der Waals surface area contributed by atoms with E-state index < -0.39 is 0 Å². The smallest absolute Gasteiger partial charge is 0.0443 e. The average Bonchev–Trinajstić information content (AvgIpc) is 1.95. The fourth-order valence-electron chi connectivity index (χ4n) is 1.55. The van der Waals surface area contributed by atoms with Crippen LogP contribution in [0.4, 0.5) is 0 Å². The Morgan fingerprint density at radius 3 is 2.64 bits per heavy atom. The largest absolute Gasteiger partial charge is 0.396 e. The van der Waals surface area contributed by atoms with E-state index in [0.29, 0.717) is 12.0 Å². The molecular weight excluding hydrogens is 138 g/mol. The second-order valence-corrected chi connectivity index (χ2v) is 3.92. The molecule has 0 atom stereocenters. The maximum atomic E-state index is 8.53. The summed E-state index contributed by atoms with van der Waals surface area (Å²) in [4.78, 5) is 0. The van der Waals surface area contributed by atoms with Gasteiger partial charge in [0.1, 0.15) is 0 Å². The van der Waals surface area contributed by atoms with E-state index in [9.17, 15) is 0 Å². The van der Waals surface area contributed by atoms with Crippen LogP contribution in [0.5, 0.6) is 0 Å². The molecule has 0 unspecified atom stereocenters. The fourth-order valence-corrected chi connectivity index (χ4v) is 1.55. The summed E-state index contributed by atoms with van der Waals surface area (Å²) in [6, 6.07) is 0. The van der Waals surface area contributed by atoms with Gasteiger partial charge in [-0.25, -0.2) is 0 Å². The van der Waals surface area contributed by atoms with Crippen LogP contribution in [0.1, 0.15) is 32.6 Å². The normalized spacial score (nSPS) is 21.3. The Hall–Kier alpha value is -0.0800. The van der Waals surface area contributed by atoms with Crippen molar-refractivity contribution in [3.8, 4) is 0 Å². The predicted octanol–water partition coefficient (Wildman–Crippen LogP) is 1.15. The van der Waals surface area contributed by atoms with Crippen LogP contribution in [0.3, 0.4) is 0 Å². The minimum absolute atomic E-state index is 0.309. The third kappa shape index (κ3) is 2.80. The lowest BCUT2D eigenvalue weighted by molar-refractivity contribution is 0.155. The van der Waals surface area contributed by atoms with Crippen molar-refractivity contribution >= 4 is 0 Å². The summed E-state index contributed by atoms with van der Waals surface area (Å²) in [7, 11) is 0. The maximum absolute atomic E-state index is 8.53. The highest BCUT2D eigenvalue weighted by Gasteiger charge is 2.30. The number of aliphatic hydroxyl groups is 1. The molecule has 66 valence electrons. The third-order valence-electron chi connectivity index (χ3n) is 2.62. The molecule has 0 saturated heterocycles. The quantitative estimate of drug-likeness (QED) is 0.587. The molecule has 0 aromatic rings. The van der Waals surface area contributed by atoms with E-state index >= 15 is 0 Å². The summed E-state index contributed by atoms with van der Waals surface area (Å²) in [6.45, 7) is 4.74. The van der Waals surface area contributed by atoms with Gasteiger partial charge < -0.3 is 10.4 Å². The molecular formula is C9H19NO. The van der Waals surface area contributed by atoms with Crippen LogP contribution >= 0.6 is 0 Å². The summed E-state index contributed by atoms with van der Waals surface area (Å²) < 4.78 is 0. The molecule has 0 bridgehead atoms. The minimum atomic E-state index is 0.309. The molecule has 0 amide bonds. The van der Waals surface area contributed by atoms with Crippen LogP contribution in [0, 0.1) is 5.41 Å². The highest BCUT2D eigenvalue weighted by molar-refractivity contribution is 4.84. The van der Waals surface area contributed by atoms with E-state index in [1.807, 2.05) is 0 Å². The number of hydrogen-bond donors (Lipinski definition) is 2. The van der Waals surface area contributed by atoms with Crippen LogP contribution < -0.4 is 5.32 Å².